The lowest BCUT2D eigenvalue weighted by atomic mass is 10.1. The summed E-state index contributed by atoms with van der Waals surface area (Å²) in [6.45, 7) is 2.22. The number of aromatic nitrogens is 3. The highest BCUT2D eigenvalue weighted by Gasteiger charge is 2.32. The van der Waals surface area contributed by atoms with Gasteiger partial charge in [-0.15, -0.1) is 10.2 Å². The minimum Gasteiger partial charge on any atom is -0.298 e. The van der Waals surface area contributed by atoms with Crippen molar-refractivity contribution in [2.75, 3.05) is 0 Å². The molecule has 1 fully saturated rings. The Kier molecular flexibility index (Phi) is 5.75. The van der Waals surface area contributed by atoms with Crippen molar-refractivity contribution in [1.29, 1.82) is 0 Å². The second-order valence-corrected chi connectivity index (χ2v) is 7.37. The fourth-order valence-corrected chi connectivity index (χ4v) is 3.29. The van der Waals surface area contributed by atoms with E-state index in [4.69, 9.17) is 5.14 Å². The van der Waals surface area contributed by atoms with E-state index in [-0.39, 0.29) is 11.2 Å². The molecule has 0 radical (unpaired) electrons. The quantitative estimate of drug-likeness (QED) is 0.672. The molecule has 1 aliphatic rings. The Morgan fingerprint density at radius 2 is 1.71 bits per heavy atom. The number of unbranched alkanes of at least 4 members (excludes halogenated alkanes) is 6. The van der Waals surface area contributed by atoms with Gasteiger partial charge in [0.1, 0.15) is 5.82 Å². The first-order valence-corrected chi connectivity index (χ1v) is 9.55. The first-order valence-electron chi connectivity index (χ1n) is 8.00. The predicted molar refractivity (Wildman–Crippen MR) is 81.4 cm³/mol. The van der Waals surface area contributed by atoms with Crippen molar-refractivity contribution < 1.29 is 8.42 Å². The molecule has 0 aromatic carbocycles. The highest BCUT2D eigenvalue weighted by atomic mass is 32.2. The molecule has 0 atom stereocenters. The number of rotatable bonds is 10. The minimum absolute atomic E-state index is 0.0667. The van der Waals surface area contributed by atoms with Gasteiger partial charge in [-0.1, -0.05) is 45.4 Å². The van der Waals surface area contributed by atoms with E-state index >= 15 is 0 Å². The first kappa shape index (κ1) is 16.4. The van der Waals surface area contributed by atoms with Crippen LogP contribution in [0.2, 0.25) is 0 Å². The summed E-state index contributed by atoms with van der Waals surface area (Å²) in [7, 11) is -3.77. The zero-order valence-corrected chi connectivity index (χ0v) is 13.6. The summed E-state index contributed by atoms with van der Waals surface area (Å²) >= 11 is 0. The summed E-state index contributed by atoms with van der Waals surface area (Å²) in [4.78, 5) is 0. The molecule has 2 N–H and O–H groups in total. The predicted octanol–water partition coefficient (Wildman–Crippen LogP) is 2.55. The van der Waals surface area contributed by atoms with E-state index in [0.717, 1.165) is 37.9 Å². The van der Waals surface area contributed by atoms with Gasteiger partial charge in [-0.3, -0.25) is 4.57 Å². The van der Waals surface area contributed by atoms with Crippen LogP contribution in [0.1, 0.15) is 76.6 Å². The maximum Gasteiger partial charge on any atom is 0.273 e. The normalized spacial score (nSPS) is 15.5. The number of sulfonamides is 1. The molecule has 0 amide bonds. The van der Waals surface area contributed by atoms with Gasteiger partial charge in [-0.2, -0.15) is 0 Å². The molecule has 21 heavy (non-hydrogen) atoms. The molecule has 0 spiro atoms. The van der Waals surface area contributed by atoms with Gasteiger partial charge in [0.2, 0.25) is 0 Å². The summed E-state index contributed by atoms with van der Waals surface area (Å²) in [6.07, 6.45) is 11.4. The van der Waals surface area contributed by atoms with Crippen LogP contribution in [0.5, 0.6) is 0 Å². The van der Waals surface area contributed by atoms with E-state index < -0.39 is 10.0 Å². The third-order valence-corrected chi connectivity index (χ3v) is 4.69. The Morgan fingerprint density at radius 1 is 1.10 bits per heavy atom. The highest BCUT2D eigenvalue weighted by Crippen LogP contribution is 2.37. The molecule has 1 saturated carbocycles. The number of hydrogen-bond acceptors (Lipinski definition) is 4. The first-order chi connectivity index (χ1) is 10.0. The fourth-order valence-electron chi connectivity index (χ4n) is 2.61. The molecule has 6 nitrogen and oxygen atoms in total. The zero-order chi connectivity index (χ0) is 15.3. The Balaban J connectivity index is 1.85. The Morgan fingerprint density at radius 3 is 2.29 bits per heavy atom. The van der Waals surface area contributed by atoms with Crippen LogP contribution in [0.3, 0.4) is 0 Å². The van der Waals surface area contributed by atoms with Crippen molar-refractivity contribution in [2.24, 2.45) is 5.14 Å². The van der Waals surface area contributed by atoms with Gasteiger partial charge in [0.05, 0.1) is 0 Å². The summed E-state index contributed by atoms with van der Waals surface area (Å²) in [5.74, 6) is 0.773. The van der Waals surface area contributed by atoms with Gasteiger partial charge in [0.25, 0.3) is 15.2 Å². The van der Waals surface area contributed by atoms with Crippen molar-refractivity contribution in [1.82, 2.24) is 14.8 Å². The monoisotopic (exact) mass is 314 g/mol. The van der Waals surface area contributed by atoms with Crippen LogP contribution >= 0.6 is 0 Å². The minimum atomic E-state index is -3.77. The number of aryl methyl sites for hydroxylation is 1. The average Bonchev–Trinajstić information content (AvgIpc) is 3.16. The van der Waals surface area contributed by atoms with Crippen LogP contribution in [0, 0.1) is 0 Å². The molecule has 1 aromatic rings. The second-order valence-electron chi connectivity index (χ2n) is 5.92. The van der Waals surface area contributed by atoms with Crippen LogP contribution < -0.4 is 5.14 Å². The standard InChI is InChI=1S/C14H26N4O2S/c1-2-3-4-5-6-7-8-9-13-16-17-14(21(15,19)20)18(13)12-10-11-12/h12H,2-11H2,1H3,(H2,15,19,20). The van der Waals surface area contributed by atoms with Crippen molar-refractivity contribution >= 4 is 10.0 Å². The van der Waals surface area contributed by atoms with E-state index in [1.54, 1.807) is 4.57 Å². The van der Waals surface area contributed by atoms with Gasteiger partial charge < -0.3 is 0 Å². The molecule has 1 heterocycles. The van der Waals surface area contributed by atoms with E-state index in [0.29, 0.717) is 0 Å². The van der Waals surface area contributed by atoms with Crippen LogP contribution in [-0.4, -0.2) is 23.2 Å². The third-order valence-electron chi connectivity index (χ3n) is 3.91. The number of nitrogens with zero attached hydrogens (tertiary/aromatic N) is 3. The molecule has 0 unspecified atom stereocenters. The van der Waals surface area contributed by atoms with Crippen LogP contribution in [0.25, 0.3) is 0 Å². The van der Waals surface area contributed by atoms with Crippen molar-refractivity contribution in [3.05, 3.63) is 5.82 Å². The van der Waals surface area contributed by atoms with Gasteiger partial charge >= 0.3 is 0 Å². The highest BCUT2D eigenvalue weighted by molar-refractivity contribution is 7.89. The van der Waals surface area contributed by atoms with E-state index in [2.05, 4.69) is 17.1 Å². The zero-order valence-electron chi connectivity index (χ0n) is 12.8. The Bertz CT molecular complexity index is 549. The van der Waals surface area contributed by atoms with Gasteiger partial charge in [0, 0.05) is 12.5 Å². The molecule has 7 heteroatoms. The lowest BCUT2D eigenvalue weighted by Crippen LogP contribution is -2.19. The molecular weight excluding hydrogens is 288 g/mol. The molecule has 120 valence electrons. The van der Waals surface area contributed by atoms with Crippen molar-refractivity contribution in [2.45, 2.75) is 82.3 Å². The maximum absolute atomic E-state index is 11.5. The Hall–Kier alpha value is -0.950. The van der Waals surface area contributed by atoms with Crippen molar-refractivity contribution in [3.63, 3.8) is 0 Å². The lowest BCUT2D eigenvalue weighted by molar-refractivity contribution is 0.546. The average molecular weight is 314 g/mol. The van der Waals surface area contributed by atoms with E-state index in [1.165, 1.54) is 32.1 Å². The number of nitrogens with two attached hydrogens (primary N) is 1. The molecule has 0 saturated heterocycles. The van der Waals surface area contributed by atoms with E-state index in [9.17, 15) is 8.42 Å². The van der Waals surface area contributed by atoms with Gasteiger partial charge in [-0.25, -0.2) is 13.6 Å². The maximum atomic E-state index is 11.5. The summed E-state index contributed by atoms with van der Waals surface area (Å²) in [5, 5.41) is 13.0. The van der Waals surface area contributed by atoms with E-state index in [1.807, 2.05) is 0 Å². The second kappa shape index (κ2) is 7.35. The molecular formula is C14H26N4O2S. The van der Waals surface area contributed by atoms with Crippen LogP contribution in [0.4, 0.5) is 0 Å². The molecule has 2 rings (SSSR count). The fraction of sp³-hybridized carbons (Fsp3) is 0.857. The van der Waals surface area contributed by atoms with Crippen molar-refractivity contribution in [3.8, 4) is 0 Å². The number of hydrogen-bond donors (Lipinski definition) is 1. The third kappa shape index (κ3) is 4.78. The smallest absolute Gasteiger partial charge is 0.273 e. The van der Waals surface area contributed by atoms with Gasteiger partial charge in [0.15, 0.2) is 0 Å². The summed E-state index contributed by atoms with van der Waals surface area (Å²) in [5.41, 5.74) is 0. The summed E-state index contributed by atoms with van der Waals surface area (Å²) < 4.78 is 24.8. The lowest BCUT2D eigenvalue weighted by Gasteiger charge is -2.07. The topological polar surface area (TPSA) is 90.9 Å². The van der Waals surface area contributed by atoms with Crippen LogP contribution in [-0.2, 0) is 16.4 Å². The Labute approximate surface area is 127 Å². The summed E-state index contributed by atoms with van der Waals surface area (Å²) in [6, 6.07) is 0.230. The number of primary sulfonamides is 1. The van der Waals surface area contributed by atoms with Gasteiger partial charge in [-0.05, 0) is 19.3 Å². The largest absolute Gasteiger partial charge is 0.298 e. The molecule has 1 aliphatic carbocycles. The molecule has 1 aromatic heterocycles. The molecule has 0 aliphatic heterocycles. The van der Waals surface area contributed by atoms with Crippen LogP contribution in [0.15, 0.2) is 5.16 Å². The SMILES string of the molecule is CCCCCCCCCc1nnc(S(N)(=O)=O)n1C1CC1. The molecule has 0 bridgehead atoms.